The maximum absolute atomic E-state index is 13.8. The Balaban J connectivity index is 1.42. The number of ether oxygens (including phenoxy) is 3. The molecule has 220 valence electrons. The third-order valence-corrected chi connectivity index (χ3v) is 7.76. The van der Waals surface area contributed by atoms with E-state index in [-0.39, 0.29) is 35.9 Å². The van der Waals surface area contributed by atoms with E-state index in [1.807, 2.05) is 24.8 Å². The molecule has 2 aliphatic rings. The molecule has 40 heavy (non-hydrogen) atoms. The van der Waals surface area contributed by atoms with Gasteiger partial charge in [0.15, 0.2) is 11.5 Å². The Morgan fingerprint density at radius 3 is 2.62 bits per heavy atom. The van der Waals surface area contributed by atoms with Gasteiger partial charge in [-0.25, -0.2) is 4.79 Å². The number of urea groups is 1. The SMILES string of the molecule is COCCCOc1cc(C(=O)N(C[C@@H]2CNC[C@H]2C(NC(=O)NCc2ccco2)C2CC2)C(C)C)ccc1OC. The van der Waals surface area contributed by atoms with Crippen molar-refractivity contribution >= 4 is 11.9 Å². The first-order valence-electron chi connectivity index (χ1n) is 14.3. The van der Waals surface area contributed by atoms with E-state index in [2.05, 4.69) is 16.0 Å². The van der Waals surface area contributed by atoms with Gasteiger partial charge >= 0.3 is 6.03 Å². The van der Waals surface area contributed by atoms with Gasteiger partial charge in [-0.05, 0) is 74.8 Å². The fourth-order valence-electron chi connectivity index (χ4n) is 5.44. The van der Waals surface area contributed by atoms with Crippen LogP contribution >= 0.6 is 0 Å². The summed E-state index contributed by atoms with van der Waals surface area (Å²) in [4.78, 5) is 28.5. The zero-order valence-corrected chi connectivity index (χ0v) is 24.1. The maximum atomic E-state index is 13.8. The van der Waals surface area contributed by atoms with Gasteiger partial charge in [0.25, 0.3) is 5.91 Å². The molecule has 10 nitrogen and oxygen atoms in total. The fraction of sp³-hybridized carbons (Fsp3) is 0.600. The third-order valence-electron chi connectivity index (χ3n) is 7.76. The van der Waals surface area contributed by atoms with Crippen LogP contribution in [0.15, 0.2) is 41.0 Å². The molecule has 0 radical (unpaired) electrons. The van der Waals surface area contributed by atoms with Crippen LogP contribution in [-0.4, -0.2) is 76.0 Å². The highest BCUT2D eigenvalue weighted by molar-refractivity contribution is 5.95. The quantitative estimate of drug-likeness (QED) is 0.287. The Morgan fingerprint density at radius 2 is 1.95 bits per heavy atom. The minimum atomic E-state index is -0.188. The number of nitrogens with one attached hydrogen (secondary N) is 3. The van der Waals surface area contributed by atoms with E-state index in [0.29, 0.717) is 55.0 Å². The number of hydrogen-bond acceptors (Lipinski definition) is 7. The van der Waals surface area contributed by atoms with Gasteiger partial charge in [0.05, 0.1) is 26.5 Å². The van der Waals surface area contributed by atoms with E-state index in [1.165, 1.54) is 0 Å². The number of rotatable bonds is 15. The summed E-state index contributed by atoms with van der Waals surface area (Å²) in [5.74, 6) is 2.71. The summed E-state index contributed by atoms with van der Waals surface area (Å²) in [6.07, 6.45) is 4.56. The van der Waals surface area contributed by atoms with Crippen LogP contribution in [0.5, 0.6) is 11.5 Å². The second-order valence-corrected chi connectivity index (χ2v) is 11.0. The number of carbonyl (C=O) groups is 2. The zero-order chi connectivity index (χ0) is 28.5. The molecular weight excluding hydrogens is 512 g/mol. The van der Waals surface area contributed by atoms with Crippen molar-refractivity contribution in [3.8, 4) is 11.5 Å². The van der Waals surface area contributed by atoms with Crippen LogP contribution in [0.1, 0.15) is 49.2 Å². The summed E-state index contributed by atoms with van der Waals surface area (Å²) < 4.78 is 21.8. The standard InChI is InChI=1S/C30H44N4O6/c1-20(2)34(29(35)22-10-11-26(38-4)27(15-22)40-14-6-12-37-3)19-23-16-31-18-25(23)28(21-8-9-21)33-30(36)32-17-24-7-5-13-39-24/h5,7,10-11,13,15,20-21,23,25,28,31H,6,8-9,12,14,16-19H2,1-4H3,(H2,32,33,36)/t23-,25+,28?/m0/s1. The van der Waals surface area contributed by atoms with Crippen molar-refractivity contribution in [1.82, 2.24) is 20.9 Å². The van der Waals surface area contributed by atoms with Gasteiger partial charge in [-0.2, -0.15) is 0 Å². The van der Waals surface area contributed by atoms with Crippen molar-refractivity contribution in [3.05, 3.63) is 47.9 Å². The second-order valence-electron chi connectivity index (χ2n) is 11.0. The number of hydrogen-bond donors (Lipinski definition) is 3. The number of carbonyl (C=O) groups excluding carboxylic acids is 2. The van der Waals surface area contributed by atoms with Crippen LogP contribution < -0.4 is 25.4 Å². The van der Waals surface area contributed by atoms with E-state index in [0.717, 1.165) is 32.4 Å². The van der Waals surface area contributed by atoms with Crippen LogP contribution in [0.3, 0.4) is 0 Å². The molecule has 1 aliphatic carbocycles. The Kier molecular flexibility index (Phi) is 10.7. The molecule has 1 saturated heterocycles. The molecule has 0 bridgehead atoms. The minimum Gasteiger partial charge on any atom is -0.493 e. The van der Waals surface area contributed by atoms with Crippen LogP contribution in [0.2, 0.25) is 0 Å². The molecule has 1 unspecified atom stereocenters. The molecule has 1 saturated carbocycles. The molecule has 10 heteroatoms. The minimum absolute atomic E-state index is 0.00542. The number of furan rings is 1. The fourth-order valence-corrected chi connectivity index (χ4v) is 5.44. The molecule has 1 aliphatic heterocycles. The Hall–Kier alpha value is -3.24. The number of nitrogens with zero attached hydrogens (tertiary/aromatic N) is 1. The summed E-state index contributed by atoms with van der Waals surface area (Å²) in [5, 5.41) is 9.69. The Morgan fingerprint density at radius 1 is 1.12 bits per heavy atom. The smallest absolute Gasteiger partial charge is 0.315 e. The maximum Gasteiger partial charge on any atom is 0.315 e. The average molecular weight is 557 g/mol. The van der Waals surface area contributed by atoms with Gasteiger partial charge in [0.1, 0.15) is 5.76 Å². The van der Waals surface area contributed by atoms with Crippen LogP contribution in [-0.2, 0) is 11.3 Å². The number of methoxy groups -OCH3 is 2. The van der Waals surface area contributed by atoms with Gasteiger partial charge in [0, 0.05) is 57.4 Å². The molecule has 2 heterocycles. The molecule has 1 aromatic heterocycles. The largest absolute Gasteiger partial charge is 0.493 e. The number of amides is 3. The van der Waals surface area contributed by atoms with Crippen LogP contribution in [0, 0.1) is 17.8 Å². The third kappa shape index (κ3) is 7.91. The van der Waals surface area contributed by atoms with Crippen molar-refractivity contribution in [1.29, 1.82) is 0 Å². The van der Waals surface area contributed by atoms with Crippen molar-refractivity contribution in [2.24, 2.45) is 17.8 Å². The van der Waals surface area contributed by atoms with Crippen molar-refractivity contribution in [2.75, 3.05) is 47.1 Å². The van der Waals surface area contributed by atoms with Crippen LogP contribution in [0.25, 0.3) is 0 Å². The summed E-state index contributed by atoms with van der Waals surface area (Å²) in [6.45, 7) is 7.71. The average Bonchev–Trinajstić information content (AvgIpc) is 3.45. The predicted molar refractivity (Wildman–Crippen MR) is 152 cm³/mol. The highest BCUT2D eigenvalue weighted by Crippen LogP contribution is 2.39. The first-order valence-corrected chi connectivity index (χ1v) is 14.3. The molecule has 3 N–H and O–H groups in total. The predicted octanol–water partition coefficient (Wildman–Crippen LogP) is 3.67. The molecule has 3 amide bonds. The van der Waals surface area contributed by atoms with E-state index >= 15 is 0 Å². The summed E-state index contributed by atoms with van der Waals surface area (Å²) in [5.41, 5.74) is 0.563. The lowest BCUT2D eigenvalue weighted by Gasteiger charge is -2.34. The van der Waals surface area contributed by atoms with E-state index in [4.69, 9.17) is 18.6 Å². The first-order chi connectivity index (χ1) is 19.4. The molecule has 1 aromatic carbocycles. The van der Waals surface area contributed by atoms with E-state index in [1.54, 1.807) is 44.7 Å². The van der Waals surface area contributed by atoms with E-state index < -0.39 is 0 Å². The lowest BCUT2D eigenvalue weighted by Crippen LogP contribution is -2.50. The van der Waals surface area contributed by atoms with Gasteiger partial charge in [-0.1, -0.05) is 0 Å². The topological polar surface area (TPSA) is 114 Å². The van der Waals surface area contributed by atoms with Crippen molar-refractivity contribution in [3.63, 3.8) is 0 Å². The number of benzene rings is 1. The molecule has 0 spiro atoms. The summed E-state index contributed by atoms with van der Waals surface area (Å²) in [7, 11) is 3.25. The second kappa shape index (κ2) is 14.4. The molecule has 4 rings (SSSR count). The molecule has 2 aromatic rings. The molecular formula is C30H44N4O6. The van der Waals surface area contributed by atoms with E-state index in [9.17, 15) is 9.59 Å². The van der Waals surface area contributed by atoms with Gasteiger partial charge in [0.2, 0.25) is 0 Å². The lowest BCUT2D eigenvalue weighted by molar-refractivity contribution is 0.0650. The van der Waals surface area contributed by atoms with Crippen molar-refractivity contribution < 1.29 is 28.2 Å². The van der Waals surface area contributed by atoms with Gasteiger partial charge < -0.3 is 39.5 Å². The monoisotopic (exact) mass is 556 g/mol. The summed E-state index contributed by atoms with van der Waals surface area (Å²) in [6, 6.07) is 8.86. The Bertz CT molecular complexity index is 1090. The highest BCUT2D eigenvalue weighted by Gasteiger charge is 2.43. The molecule has 3 atom stereocenters. The van der Waals surface area contributed by atoms with Crippen LogP contribution in [0.4, 0.5) is 4.79 Å². The Labute approximate surface area is 237 Å². The highest BCUT2D eigenvalue weighted by atomic mass is 16.5. The summed E-state index contributed by atoms with van der Waals surface area (Å²) >= 11 is 0. The first kappa shape index (κ1) is 29.7. The molecule has 2 fully saturated rings. The zero-order valence-electron chi connectivity index (χ0n) is 24.1. The van der Waals surface area contributed by atoms with Gasteiger partial charge in [-0.15, -0.1) is 0 Å². The van der Waals surface area contributed by atoms with Crippen molar-refractivity contribution in [2.45, 2.75) is 51.7 Å². The lowest BCUT2D eigenvalue weighted by atomic mass is 9.85. The normalized spacial score (nSPS) is 19.3. The van der Waals surface area contributed by atoms with Gasteiger partial charge in [-0.3, -0.25) is 4.79 Å².